The quantitative estimate of drug-likeness (QED) is 0.937. The first kappa shape index (κ1) is 16.7. The van der Waals surface area contributed by atoms with Gasteiger partial charge < -0.3 is 14.4 Å². The zero-order chi connectivity index (χ0) is 17.3. The van der Waals surface area contributed by atoms with Gasteiger partial charge >= 0.3 is 0 Å². The molecule has 1 N–H and O–H groups in total. The summed E-state index contributed by atoms with van der Waals surface area (Å²) in [4.78, 5) is 19.0. The van der Waals surface area contributed by atoms with Crippen molar-refractivity contribution >= 4 is 5.91 Å². The fourth-order valence-corrected chi connectivity index (χ4v) is 3.34. The molecule has 0 spiro atoms. The average molecular weight is 328 g/mol. The Morgan fingerprint density at radius 3 is 2.75 bits per heavy atom. The molecule has 0 saturated carbocycles. The van der Waals surface area contributed by atoms with Gasteiger partial charge in [-0.25, -0.2) is 4.98 Å². The molecule has 2 aromatic rings. The van der Waals surface area contributed by atoms with E-state index in [9.17, 15) is 9.90 Å². The highest BCUT2D eigenvalue weighted by Gasteiger charge is 2.38. The van der Waals surface area contributed by atoms with Crippen molar-refractivity contribution in [3.8, 4) is 11.5 Å². The number of nitrogens with zero attached hydrogens (tertiary/aromatic N) is 2. The lowest BCUT2D eigenvalue weighted by molar-refractivity contribution is -0.135. The zero-order valence-electron chi connectivity index (χ0n) is 14.5. The standard InChI is InChI=1S/C19H24N2O3/c1-13-15(20-18(24-13)14-8-5-4-6-9-14)12-17(22)21-11-7-10-16(21)19(2,3)23/h4-6,8-9,16,23H,7,10-12H2,1-3H3. The molecular weight excluding hydrogens is 304 g/mol. The number of aryl methyl sites for hydroxylation is 1. The lowest BCUT2D eigenvalue weighted by Gasteiger charge is -2.33. The van der Waals surface area contributed by atoms with E-state index in [0.29, 0.717) is 23.9 Å². The third kappa shape index (κ3) is 3.36. The first-order chi connectivity index (χ1) is 11.4. The summed E-state index contributed by atoms with van der Waals surface area (Å²) in [5.41, 5.74) is 0.676. The molecule has 3 rings (SSSR count). The Morgan fingerprint density at radius 2 is 2.08 bits per heavy atom. The Morgan fingerprint density at radius 1 is 1.38 bits per heavy atom. The van der Waals surface area contributed by atoms with Gasteiger partial charge in [-0.15, -0.1) is 0 Å². The Bertz CT molecular complexity index is 716. The number of hydrogen-bond donors (Lipinski definition) is 1. The van der Waals surface area contributed by atoms with Gasteiger partial charge in [-0.3, -0.25) is 4.79 Å². The van der Waals surface area contributed by atoms with Crippen molar-refractivity contribution in [3.63, 3.8) is 0 Å². The van der Waals surface area contributed by atoms with E-state index in [4.69, 9.17) is 4.42 Å². The van der Waals surface area contributed by atoms with E-state index >= 15 is 0 Å². The Balaban J connectivity index is 1.77. The molecule has 1 saturated heterocycles. The van der Waals surface area contributed by atoms with Gasteiger partial charge in [-0.05, 0) is 45.7 Å². The normalized spacial score (nSPS) is 18.2. The fraction of sp³-hybridized carbons (Fsp3) is 0.474. The second-order valence-electron chi connectivity index (χ2n) is 6.96. The Kier molecular flexibility index (Phi) is 4.45. The molecule has 1 unspecified atom stereocenters. The molecule has 1 fully saturated rings. The van der Waals surface area contributed by atoms with Crippen LogP contribution in [-0.2, 0) is 11.2 Å². The van der Waals surface area contributed by atoms with Gasteiger partial charge in [-0.2, -0.15) is 0 Å². The third-order valence-corrected chi connectivity index (χ3v) is 4.62. The number of amides is 1. The van der Waals surface area contributed by atoms with Gasteiger partial charge in [-0.1, -0.05) is 18.2 Å². The molecule has 1 aromatic heterocycles. The maximum Gasteiger partial charge on any atom is 0.229 e. The summed E-state index contributed by atoms with van der Waals surface area (Å²) in [5.74, 6) is 1.20. The number of rotatable bonds is 4. The summed E-state index contributed by atoms with van der Waals surface area (Å²) < 4.78 is 5.73. The van der Waals surface area contributed by atoms with E-state index in [0.717, 1.165) is 18.4 Å². The lowest BCUT2D eigenvalue weighted by atomic mass is 9.96. The van der Waals surface area contributed by atoms with Crippen LogP contribution in [0.4, 0.5) is 0 Å². The highest BCUT2D eigenvalue weighted by atomic mass is 16.4. The fourth-order valence-electron chi connectivity index (χ4n) is 3.34. The second-order valence-corrected chi connectivity index (χ2v) is 6.96. The van der Waals surface area contributed by atoms with E-state index < -0.39 is 5.60 Å². The maximum atomic E-state index is 12.7. The van der Waals surface area contributed by atoms with Gasteiger partial charge in [0.05, 0.1) is 23.8 Å². The van der Waals surface area contributed by atoms with E-state index in [1.54, 1.807) is 18.7 Å². The van der Waals surface area contributed by atoms with Gasteiger partial charge in [0.1, 0.15) is 5.76 Å². The monoisotopic (exact) mass is 328 g/mol. The lowest BCUT2D eigenvalue weighted by Crippen LogP contribution is -2.48. The number of benzene rings is 1. The molecule has 1 aliphatic rings. The number of oxazole rings is 1. The van der Waals surface area contributed by atoms with E-state index in [2.05, 4.69) is 4.98 Å². The number of carbonyl (C=O) groups is 1. The van der Waals surface area contributed by atoms with Gasteiger partial charge in [0.15, 0.2) is 0 Å². The molecule has 0 bridgehead atoms. The van der Waals surface area contributed by atoms with Crippen LogP contribution in [0.15, 0.2) is 34.7 Å². The predicted octanol–water partition coefficient (Wildman–Crippen LogP) is 2.95. The minimum atomic E-state index is -0.889. The minimum Gasteiger partial charge on any atom is -0.441 e. The summed E-state index contributed by atoms with van der Waals surface area (Å²) in [6.45, 7) is 6.05. The Labute approximate surface area is 142 Å². The zero-order valence-corrected chi connectivity index (χ0v) is 14.5. The maximum absolute atomic E-state index is 12.7. The number of likely N-dealkylation sites (tertiary alicyclic amines) is 1. The Hall–Kier alpha value is -2.14. The number of aromatic nitrogens is 1. The second kappa shape index (κ2) is 6.40. The smallest absolute Gasteiger partial charge is 0.229 e. The van der Waals surface area contributed by atoms with Crippen LogP contribution in [0.2, 0.25) is 0 Å². The van der Waals surface area contributed by atoms with Crippen molar-refractivity contribution in [2.45, 2.75) is 51.7 Å². The summed E-state index contributed by atoms with van der Waals surface area (Å²) >= 11 is 0. The first-order valence-corrected chi connectivity index (χ1v) is 8.40. The number of carbonyl (C=O) groups excluding carboxylic acids is 1. The summed E-state index contributed by atoms with van der Waals surface area (Å²) in [6, 6.07) is 9.53. The molecule has 1 aromatic carbocycles. The molecule has 0 radical (unpaired) electrons. The molecule has 1 atom stereocenters. The van der Waals surface area contributed by atoms with Gasteiger partial charge in [0.25, 0.3) is 0 Å². The van der Waals surface area contributed by atoms with E-state index in [-0.39, 0.29) is 18.4 Å². The van der Waals surface area contributed by atoms with Crippen LogP contribution in [0.1, 0.15) is 38.1 Å². The van der Waals surface area contributed by atoms with Crippen LogP contribution in [-0.4, -0.2) is 39.1 Å². The van der Waals surface area contributed by atoms with Crippen molar-refractivity contribution in [2.24, 2.45) is 0 Å². The predicted molar refractivity (Wildman–Crippen MR) is 91.4 cm³/mol. The molecule has 1 aliphatic heterocycles. The van der Waals surface area contributed by atoms with Gasteiger partial charge in [0, 0.05) is 12.1 Å². The molecule has 5 nitrogen and oxygen atoms in total. The molecule has 0 aliphatic carbocycles. The van der Waals surface area contributed by atoms with Crippen LogP contribution in [0.25, 0.3) is 11.5 Å². The third-order valence-electron chi connectivity index (χ3n) is 4.62. The summed E-state index contributed by atoms with van der Waals surface area (Å²) in [5, 5.41) is 10.3. The SMILES string of the molecule is Cc1oc(-c2ccccc2)nc1CC(=O)N1CCCC1C(C)(C)O. The topological polar surface area (TPSA) is 66.6 Å². The minimum absolute atomic E-state index is 0.00404. The highest BCUT2D eigenvalue weighted by Crippen LogP contribution is 2.28. The van der Waals surface area contributed by atoms with Crippen LogP contribution < -0.4 is 0 Å². The van der Waals surface area contributed by atoms with Crippen LogP contribution >= 0.6 is 0 Å². The van der Waals surface area contributed by atoms with Gasteiger partial charge in [0.2, 0.25) is 11.8 Å². The molecule has 2 heterocycles. The van der Waals surface area contributed by atoms with E-state index in [1.165, 1.54) is 0 Å². The van der Waals surface area contributed by atoms with Crippen molar-refractivity contribution in [1.82, 2.24) is 9.88 Å². The van der Waals surface area contributed by atoms with Crippen LogP contribution in [0.5, 0.6) is 0 Å². The average Bonchev–Trinajstić information content (AvgIpc) is 3.15. The first-order valence-electron chi connectivity index (χ1n) is 8.40. The van der Waals surface area contributed by atoms with Crippen LogP contribution in [0, 0.1) is 6.92 Å². The van der Waals surface area contributed by atoms with Crippen molar-refractivity contribution in [3.05, 3.63) is 41.8 Å². The largest absolute Gasteiger partial charge is 0.441 e. The molecule has 24 heavy (non-hydrogen) atoms. The van der Waals surface area contributed by atoms with Crippen LogP contribution in [0.3, 0.4) is 0 Å². The molecule has 128 valence electrons. The number of hydrogen-bond acceptors (Lipinski definition) is 4. The van der Waals surface area contributed by atoms with Crippen molar-refractivity contribution in [2.75, 3.05) is 6.54 Å². The molecule has 5 heteroatoms. The summed E-state index contributed by atoms with van der Waals surface area (Å²) in [7, 11) is 0. The summed E-state index contributed by atoms with van der Waals surface area (Å²) in [6.07, 6.45) is 1.96. The molecular formula is C19H24N2O3. The number of aliphatic hydroxyl groups is 1. The highest BCUT2D eigenvalue weighted by molar-refractivity contribution is 5.79. The van der Waals surface area contributed by atoms with Crippen molar-refractivity contribution in [1.29, 1.82) is 0 Å². The van der Waals surface area contributed by atoms with E-state index in [1.807, 2.05) is 37.3 Å². The molecule has 1 amide bonds. The van der Waals surface area contributed by atoms with Crippen molar-refractivity contribution < 1.29 is 14.3 Å².